The molecule has 15 nitrogen and oxygen atoms in total. The van der Waals surface area contributed by atoms with E-state index in [1.807, 2.05) is 19.6 Å². The van der Waals surface area contributed by atoms with Crippen molar-refractivity contribution in [3.8, 4) is 0 Å². The minimum atomic E-state index is -1.59. The molecule has 2 atom stereocenters. The fourth-order valence-corrected chi connectivity index (χ4v) is 3.94. The van der Waals surface area contributed by atoms with Crippen LogP contribution >= 0.6 is 104 Å². The Bertz CT molecular complexity index is 1500. The summed E-state index contributed by atoms with van der Waals surface area (Å²) < 4.78 is 17.5. The van der Waals surface area contributed by atoms with Gasteiger partial charge in [0.1, 0.15) is 28.1 Å². The van der Waals surface area contributed by atoms with Gasteiger partial charge in [0.05, 0.1) is 5.56 Å². The average molecular weight is 1030 g/mol. The predicted octanol–water partition coefficient (Wildman–Crippen LogP) is 13.3. The minimum Gasteiger partial charge on any atom is -0.461 e. The maximum absolute atomic E-state index is 11.1. The Hall–Kier alpha value is -1.75. The fourth-order valence-electron chi connectivity index (χ4n) is 3.18. The predicted molar refractivity (Wildman–Crippen MR) is 241 cm³/mol. The number of hydrogen-bond acceptors (Lipinski definition) is 11. The van der Waals surface area contributed by atoms with Crippen molar-refractivity contribution in [3.05, 3.63) is 68.9 Å². The minimum absolute atomic E-state index is 0. The third kappa shape index (κ3) is 45.6. The molecule has 0 aromatic heterocycles. The van der Waals surface area contributed by atoms with Gasteiger partial charge < -0.3 is 24.1 Å². The number of carbonyl (C=O) groups excluding carboxylic acids is 4. The van der Waals surface area contributed by atoms with Gasteiger partial charge in [0, 0.05) is 35.8 Å². The number of fused-ring (bicyclic) bond motifs is 1. The largest absolute Gasteiger partial charge is 0.461 e. The summed E-state index contributed by atoms with van der Waals surface area (Å²) in [6, 6.07) is 6.54. The molecule has 338 valence electrons. The molecule has 0 amide bonds. The summed E-state index contributed by atoms with van der Waals surface area (Å²) in [6.07, 6.45) is 5.23. The summed E-state index contributed by atoms with van der Waals surface area (Å²) in [5, 5.41) is 12.5. The maximum atomic E-state index is 11.1. The van der Waals surface area contributed by atoms with Gasteiger partial charge in [0.2, 0.25) is 17.7 Å². The van der Waals surface area contributed by atoms with Gasteiger partial charge in [-0.05, 0) is 41.3 Å². The highest BCUT2D eigenvalue weighted by Gasteiger charge is 2.28. The molecule has 1 aromatic carbocycles. The van der Waals surface area contributed by atoms with Crippen molar-refractivity contribution >= 4 is 137 Å². The van der Waals surface area contributed by atoms with Crippen LogP contribution in [0.15, 0.2) is 46.8 Å². The van der Waals surface area contributed by atoms with Crippen molar-refractivity contribution in [2.45, 2.75) is 116 Å². The second-order valence-corrected chi connectivity index (χ2v) is 24.5. The highest BCUT2D eigenvalue weighted by Crippen LogP contribution is 2.28. The average Bonchev–Trinajstić information content (AvgIpc) is 3.39. The number of cyclic esters (lactones) is 1. The second kappa shape index (κ2) is 34.8. The summed E-state index contributed by atoms with van der Waals surface area (Å²) in [7, 11) is -1.45. The number of azide groups is 2. The van der Waals surface area contributed by atoms with Crippen molar-refractivity contribution in [2.75, 3.05) is 19.8 Å². The lowest BCUT2D eigenvalue weighted by molar-refractivity contribution is -0.144. The number of allylic oxidation sites excluding steroid dienone is 1. The number of benzene rings is 1. The van der Waals surface area contributed by atoms with Crippen LogP contribution in [0.25, 0.3) is 20.9 Å². The number of aliphatic hydroxyl groups excluding tert-OH is 1. The summed E-state index contributed by atoms with van der Waals surface area (Å²) in [5.74, 6) is -1.63. The summed E-state index contributed by atoms with van der Waals surface area (Å²) >= 11 is 48.3. The number of esters is 4. The van der Waals surface area contributed by atoms with Crippen molar-refractivity contribution in [3.63, 3.8) is 0 Å². The molecule has 1 aromatic rings. The van der Waals surface area contributed by atoms with Gasteiger partial charge in [0.15, 0.2) is 0 Å². The summed E-state index contributed by atoms with van der Waals surface area (Å²) in [4.78, 5) is 49.0. The third-order valence-electron chi connectivity index (χ3n) is 5.75. The Balaban J connectivity index is -0.000000324. The van der Waals surface area contributed by atoms with Crippen LogP contribution in [0.5, 0.6) is 0 Å². The molecular formula is C34H51Cl9N6O9Si. The molecule has 0 saturated carbocycles. The van der Waals surface area contributed by atoms with Crippen molar-refractivity contribution in [1.29, 1.82) is 0 Å². The van der Waals surface area contributed by atoms with Crippen molar-refractivity contribution in [1.82, 2.24) is 0 Å². The van der Waals surface area contributed by atoms with E-state index in [4.69, 9.17) is 125 Å². The first-order valence-electron chi connectivity index (χ1n) is 17.0. The number of rotatable bonds is 15. The van der Waals surface area contributed by atoms with E-state index in [2.05, 4.69) is 47.4 Å². The van der Waals surface area contributed by atoms with Gasteiger partial charge in [-0.3, -0.25) is 14.4 Å². The first-order valence-corrected chi connectivity index (χ1v) is 23.8. The Kier molecular flexibility index (Phi) is 37.7. The highest BCUT2D eigenvalue weighted by molar-refractivity contribution is 6.74. The van der Waals surface area contributed by atoms with Crippen LogP contribution in [0, 0.1) is 0 Å². The number of alkyl halides is 9. The van der Waals surface area contributed by atoms with Crippen LogP contribution < -0.4 is 0 Å². The maximum Gasteiger partial charge on any atom is 0.341 e. The molecule has 0 bridgehead atoms. The zero-order valence-corrected chi connectivity index (χ0v) is 40.1. The standard InChI is InChI=1S/C8H13Cl3O2.C8H6O3.C7H10Cl3N3O2.C7H9Cl3O2.C3H9N3Si.CH4/c1-2-3-4-5-7(12)13-6-8(9,10)11;9-7-5-3-1-2-4-6(5)8(10)11-7;1-5(12-13-11)2-3-6(14)15-4-7(8,9)10;1-2-3-4-6(11)12-5-7(8,9)10;1-7(2,3)6-5-4;/h2-6H2,1H3;1-4,7,9H;5H,2-4H2,1H3;2H,1,3-5H2;1-3H3;1H4. The molecule has 0 spiro atoms. The van der Waals surface area contributed by atoms with Gasteiger partial charge in [-0.15, -0.1) is 11.4 Å². The Morgan fingerprint density at radius 3 is 1.69 bits per heavy atom. The number of hydrogen-bond donors (Lipinski definition) is 1. The van der Waals surface area contributed by atoms with Gasteiger partial charge in [-0.2, -0.15) is 0 Å². The topological polar surface area (TPSA) is 223 Å². The molecule has 0 saturated heterocycles. The van der Waals surface area contributed by atoms with E-state index in [-0.39, 0.29) is 58.1 Å². The van der Waals surface area contributed by atoms with Crippen LogP contribution in [0.4, 0.5) is 0 Å². The molecular weight excluding hydrogens is 984 g/mol. The molecule has 0 aliphatic carbocycles. The van der Waals surface area contributed by atoms with E-state index < -0.39 is 37.8 Å². The van der Waals surface area contributed by atoms with E-state index >= 15 is 0 Å². The molecule has 1 N–H and O–H groups in total. The zero-order chi connectivity index (χ0) is 45.6. The van der Waals surface area contributed by atoms with Crippen molar-refractivity contribution < 1.29 is 43.2 Å². The number of nitrogens with zero attached hydrogens (tertiary/aromatic N) is 6. The van der Waals surface area contributed by atoms with E-state index in [1.165, 1.54) is 0 Å². The quantitative estimate of drug-likeness (QED) is 0.0203. The number of carbonyl (C=O) groups is 4. The summed E-state index contributed by atoms with van der Waals surface area (Å²) in [6.45, 7) is 12.5. The van der Waals surface area contributed by atoms with Crippen LogP contribution in [-0.4, -0.2) is 74.5 Å². The van der Waals surface area contributed by atoms with Crippen LogP contribution in [-0.2, 0) is 33.3 Å². The Labute approximate surface area is 391 Å². The Morgan fingerprint density at radius 2 is 1.32 bits per heavy atom. The number of ether oxygens (including phenoxy) is 4. The molecule has 25 heteroatoms. The van der Waals surface area contributed by atoms with Crippen LogP contribution in [0.3, 0.4) is 0 Å². The molecule has 2 unspecified atom stereocenters. The van der Waals surface area contributed by atoms with Gasteiger partial charge in [-0.25, -0.2) is 4.79 Å². The van der Waals surface area contributed by atoms with Crippen molar-refractivity contribution in [2.24, 2.45) is 9.89 Å². The normalized spacial score (nSPS) is 13.1. The molecule has 59 heavy (non-hydrogen) atoms. The van der Waals surface area contributed by atoms with E-state index in [9.17, 15) is 19.2 Å². The number of unbranched alkanes of at least 4 members (excludes halogenated alkanes) is 2. The molecule has 0 radical (unpaired) electrons. The molecule has 1 heterocycles. The van der Waals surface area contributed by atoms with Crippen LogP contribution in [0.2, 0.25) is 19.6 Å². The van der Waals surface area contributed by atoms with Crippen LogP contribution in [0.1, 0.15) is 94.9 Å². The Morgan fingerprint density at radius 1 is 0.864 bits per heavy atom. The lowest BCUT2D eigenvalue weighted by Crippen LogP contribution is -2.17. The molecule has 2 rings (SSSR count). The third-order valence-corrected chi connectivity index (χ3v) is 7.42. The molecule has 1 aliphatic heterocycles. The summed E-state index contributed by atoms with van der Waals surface area (Å²) in [5.41, 5.74) is 17.0. The van der Waals surface area contributed by atoms with Gasteiger partial charge in [0.25, 0.3) is 0 Å². The molecule has 0 fully saturated rings. The van der Waals surface area contributed by atoms with Gasteiger partial charge >= 0.3 is 23.9 Å². The van der Waals surface area contributed by atoms with E-state index in [0.717, 1.165) is 19.3 Å². The SMILES string of the molecule is C.C=CCCC(=O)OCC(Cl)(Cl)Cl.CC(CCC(=O)OCC(Cl)(Cl)Cl)N=[N+]=[N-].CCCCCC(=O)OCC(Cl)(Cl)Cl.C[Si](C)(C)N=[N+]=[N-].O=C1OC(O)c2ccccc21. The lowest BCUT2D eigenvalue weighted by atomic mass is 10.1. The first kappa shape index (κ1) is 63.9. The number of aliphatic hydroxyl groups is 1. The zero-order valence-electron chi connectivity index (χ0n) is 32.3. The monoisotopic (exact) mass is 1030 g/mol. The second-order valence-electron chi connectivity index (χ2n) is 12.4. The number of halogens is 9. The van der Waals surface area contributed by atoms with E-state index in [0.29, 0.717) is 30.4 Å². The highest BCUT2D eigenvalue weighted by atomic mass is 35.6. The first-order chi connectivity index (χ1) is 26.6. The molecule has 1 aliphatic rings. The van der Waals surface area contributed by atoms with E-state index in [1.54, 1.807) is 37.3 Å². The smallest absolute Gasteiger partial charge is 0.341 e. The lowest BCUT2D eigenvalue weighted by Gasteiger charge is -2.11. The fraction of sp³-hybridized carbons (Fsp3) is 0.647. The van der Waals surface area contributed by atoms with Gasteiger partial charge in [-0.1, -0.05) is 188 Å².